The van der Waals surface area contributed by atoms with Crippen molar-refractivity contribution < 1.29 is 14.3 Å². The van der Waals surface area contributed by atoms with Crippen LogP contribution in [0.5, 0.6) is 0 Å². The Labute approximate surface area is 140 Å². The number of carbonyl (C=O) groups is 2. The molecule has 3 unspecified atom stereocenters. The van der Waals surface area contributed by atoms with E-state index in [-0.39, 0.29) is 29.9 Å². The highest BCUT2D eigenvalue weighted by atomic mass is 16.5. The van der Waals surface area contributed by atoms with Crippen LogP contribution in [0.1, 0.15) is 66.2 Å². The summed E-state index contributed by atoms with van der Waals surface area (Å²) in [7, 11) is 0. The van der Waals surface area contributed by atoms with Gasteiger partial charge in [0.25, 0.3) is 0 Å². The zero-order valence-electron chi connectivity index (χ0n) is 14.9. The number of hydrogen-bond donors (Lipinski definition) is 1. The van der Waals surface area contributed by atoms with Gasteiger partial charge >= 0.3 is 5.97 Å². The fourth-order valence-corrected chi connectivity index (χ4v) is 2.98. The summed E-state index contributed by atoms with van der Waals surface area (Å²) in [5.41, 5.74) is 1.18. The van der Waals surface area contributed by atoms with E-state index in [1.807, 2.05) is 6.08 Å². The van der Waals surface area contributed by atoms with Crippen molar-refractivity contribution in [3.8, 4) is 0 Å². The fraction of sp³-hybridized carbons (Fsp3) is 0.684. The monoisotopic (exact) mass is 321 g/mol. The number of hydrogen-bond acceptors (Lipinski definition) is 3. The number of esters is 1. The van der Waals surface area contributed by atoms with Gasteiger partial charge in [-0.1, -0.05) is 38.0 Å². The lowest BCUT2D eigenvalue weighted by molar-refractivity contribution is -0.144. The van der Waals surface area contributed by atoms with Gasteiger partial charge in [-0.3, -0.25) is 9.59 Å². The Morgan fingerprint density at radius 3 is 2.70 bits per heavy atom. The van der Waals surface area contributed by atoms with Gasteiger partial charge in [-0.25, -0.2) is 0 Å². The van der Waals surface area contributed by atoms with E-state index >= 15 is 0 Å². The summed E-state index contributed by atoms with van der Waals surface area (Å²) in [5.74, 6) is 0.0294. The molecule has 1 aliphatic heterocycles. The fourth-order valence-electron chi connectivity index (χ4n) is 2.98. The Bertz CT molecular complexity index is 454. The SMILES string of the molecule is CCC=C(C)C1NC(=O)CCCCCC(OC(C)=O)C=CC1C. The van der Waals surface area contributed by atoms with E-state index < -0.39 is 0 Å². The van der Waals surface area contributed by atoms with Crippen LogP contribution in [0, 0.1) is 5.92 Å². The van der Waals surface area contributed by atoms with Crippen molar-refractivity contribution in [2.45, 2.75) is 78.4 Å². The van der Waals surface area contributed by atoms with Crippen molar-refractivity contribution in [1.29, 1.82) is 0 Å². The van der Waals surface area contributed by atoms with Crippen LogP contribution in [0.3, 0.4) is 0 Å². The number of rotatable bonds is 3. The van der Waals surface area contributed by atoms with Crippen LogP contribution >= 0.6 is 0 Å². The lowest BCUT2D eigenvalue weighted by Gasteiger charge is -2.25. The molecule has 130 valence electrons. The predicted molar refractivity (Wildman–Crippen MR) is 92.9 cm³/mol. The molecule has 4 heteroatoms. The number of carbonyl (C=O) groups excluding carboxylic acids is 2. The molecule has 1 N–H and O–H groups in total. The maximum Gasteiger partial charge on any atom is 0.303 e. The summed E-state index contributed by atoms with van der Waals surface area (Å²) in [6.07, 6.45) is 11.2. The second-order valence-electron chi connectivity index (χ2n) is 6.39. The van der Waals surface area contributed by atoms with Crippen LogP contribution in [0.4, 0.5) is 0 Å². The molecule has 1 heterocycles. The highest BCUT2D eigenvalue weighted by Crippen LogP contribution is 2.18. The smallest absolute Gasteiger partial charge is 0.303 e. The van der Waals surface area contributed by atoms with E-state index in [9.17, 15) is 9.59 Å². The standard InChI is InChI=1S/C19H31NO3/c1-5-9-14(2)19-15(3)12-13-17(23-16(4)21)10-7-6-8-11-18(22)20-19/h9,12-13,15,17,19H,5-8,10-11H2,1-4H3,(H,20,22). The lowest BCUT2D eigenvalue weighted by Crippen LogP contribution is -2.40. The molecule has 0 radical (unpaired) electrons. The first kappa shape index (κ1) is 19.5. The minimum absolute atomic E-state index is 0.00361. The first-order valence-electron chi connectivity index (χ1n) is 8.75. The molecule has 0 aromatic rings. The van der Waals surface area contributed by atoms with Crippen molar-refractivity contribution in [2.75, 3.05) is 0 Å². The van der Waals surface area contributed by atoms with Crippen LogP contribution in [-0.4, -0.2) is 24.0 Å². The van der Waals surface area contributed by atoms with Gasteiger partial charge in [-0.2, -0.15) is 0 Å². The van der Waals surface area contributed by atoms with Crippen LogP contribution < -0.4 is 5.32 Å². The minimum atomic E-state index is -0.244. The average molecular weight is 321 g/mol. The average Bonchev–Trinajstić information content (AvgIpc) is 2.47. The third-order valence-corrected chi connectivity index (χ3v) is 4.20. The zero-order chi connectivity index (χ0) is 17.2. The minimum Gasteiger partial charge on any atom is -0.458 e. The van der Waals surface area contributed by atoms with E-state index in [0.29, 0.717) is 6.42 Å². The van der Waals surface area contributed by atoms with E-state index in [1.54, 1.807) is 0 Å². The molecular weight excluding hydrogens is 290 g/mol. The molecule has 0 saturated carbocycles. The van der Waals surface area contributed by atoms with Crippen LogP contribution in [0.25, 0.3) is 0 Å². The zero-order valence-corrected chi connectivity index (χ0v) is 14.9. The Morgan fingerprint density at radius 1 is 1.30 bits per heavy atom. The highest BCUT2D eigenvalue weighted by molar-refractivity contribution is 5.76. The summed E-state index contributed by atoms with van der Waals surface area (Å²) in [5, 5.41) is 3.16. The van der Waals surface area contributed by atoms with Gasteiger partial charge in [0.2, 0.25) is 5.91 Å². The Balaban J connectivity index is 2.94. The molecule has 0 aromatic heterocycles. The molecule has 1 amide bonds. The maximum atomic E-state index is 12.1. The summed E-state index contributed by atoms with van der Waals surface area (Å²) >= 11 is 0. The summed E-state index contributed by atoms with van der Waals surface area (Å²) in [4.78, 5) is 23.4. The van der Waals surface area contributed by atoms with Crippen LogP contribution in [-0.2, 0) is 14.3 Å². The topological polar surface area (TPSA) is 55.4 Å². The quantitative estimate of drug-likeness (QED) is 0.633. The normalized spacial score (nSPS) is 27.6. The molecule has 1 aliphatic rings. The van der Waals surface area contributed by atoms with Gasteiger partial charge in [0, 0.05) is 13.3 Å². The van der Waals surface area contributed by atoms with Crippen LogP contribution in [0.15, 0.2) is 23.8 Å². The van der Waals surface area contributed by atoms with Gasteiger partial charge < -0.3 is 10.1 Å². The largest absolute Gasteiger partial charge is 0.458 e. The van der Waals surface area contributed by atoms with Crippen molar-refractivity contribution >= 4 is 11.9 Å². The van der Waals surface area contributed by atoms with Gasteiger partial charge in [0.1, 0.15) is 6.10 Å². The number of ether oxygens (including phenoxy) is 1. The lowest BCUT2D eigenvalue weighted by atomic mass is 9.92. The number of allylic oxidation sites excluding steroid dienone is 1. The van der Waals surface area contributed by atoms with Crippen molar-refractivity contribution in [1.82, 2.24) is 5.32 Å². The molecule has 3 atom stereocenters. The molecule has 1 rings (SSSR count). The molecule has 4 nitrogen and oxygen atoms in total. The van der Waals surface area contributed by atoms with Gasteiger partial charge in [0.05, 0.1) is 6.04 Å². The number of amides is 1. The van der Waals surface area contributed by atoms with E-state index in [0.717, 1.165) is 32.1 Å². The third kappa shape index (κ3) is 7.49. The first-order valence-corrected chi connectivity index (χ1v) is 8.75. The number of nitrogens with one attached hydrogen (secondary N) is 1. The molecule has 0 fully saturated rings. The molecule has 0 spiro atoms. The molecule has 0 aromatic carbocycles. The Morgan fingerprint density at radius 2 is 2.04 bits per heavy atom. The molecule has 23 heavy (non-hydrogen) atoms. The van der Waals surface area contributed by atoms with E-state index in [1.165, 1.54) is 12.5 Å². The highest BCUT2D eigenvalue weighted by Gasteiger charge is 2.20. The van der Waals surface area contributed by atoms with Gasteiger partial charge in [-0.05, 0) is 44.6 Å². The second-order valence-corrected chi connectivity index (χ2v) is 6.39. The van der Waals surface area contributed by atoms with E-state index in [2.05, 4.69) is 38.2 Å². The van der Waals surface area contributed by atoms with Crippen molar-refractivity contribution in [3.05, 3.63) is 23.8 Å². The first-order chi connectivity index (χ1) is 10.9. The molecule has 0 aliphatic carbocycles. The van der Waals surface area contributed by atoms with Gasteiger partial charge in [0.15, 0.2) is 0 Å². The Kier molecular flexibility index (Phi) is 8.67. The molecule has 0 bridgehead atoms. The molecular formula is C19H31NO3. The van der Waals surface area contributed by atoms with Gasteiger partial charge in [-0.15, -0.1) is 0 Å². The predicted octanol–water partition coefficient (Wildman–Crippen LogP) is 3.92. The second kappa shape index (κ2) is 10.2. The Hall–Kier alpha value is -1.58. The maximum absolute atomic E-state index is 12.1. The summed E-state index contributed by atoms with van der Waals surface area (Å²) in [6.45, 7) is 7.70. The van der Waals surface area contributed by atoms with Crippen molar-refractivity contribution in [2.24, 2.45) is 5.92 Å². The van der Waals surface area contributed by atoms with E-state index in [4.69, 9.17) is 4.74 Å². The summed E-state index contributed by atoms with van der Waals surface area (Å²) < 4.78 is 5.38. The van der Waals surface area contributed by atoms with Crippen LogP contribution in [0.2, 0.25) is 0 Å². The van der Waals surface area contributed by atoms with Crippen molar-refractivity contribution in [3.63, 3.8) is 0 Å². The molecule has 0 saturated heterocycles. The third-order valence-electron chi connectivity index (χ3n) is 4.20. The summed E-state index contributed by atoms with van der Waals surface area (Å²) in [6, 6.07) is -0.00361.